The van der Waals surface area contributed by atoms with Crippen LogP contribution < -0.4 is 0 Å². The van der Waals surface area contributed by atoms with Gasteiger partial charge < -0.3 is 4.74 Å². The SMILES string of the molecule is C=NC(=NC(=C)C)OC. The maximum absolute atomic E-state index is 4.67. The molecule has 0 aliphatic rings. The van der Waals surface area contributed by atoms with Crippen LogP contribution in [-0.4, -0.2) is 19.8 Å². The first-order chi connectivity index (χ1) is 4.20. The number of amidine groups is 1. The molecule has 0 fully saturated rings. The number of nitrogens with zero attached hydrogens (tertiary/aromatic N) is 2. The number of ether oxygens (including phenoxy) is 1. The Morgan fingerprint density at radius 2 is 2.11 bits per heavy atom. The van der Waals surface area contributed by atoms with E-state index in [-0.39, 0.29) is 6.02 Å². The predicted molar refractivity (Wildman–Crippen MR) is 38.8 cm³/mol. The maximum atomic E-state index is 4.67. The van der Waals surface area contributed by atoms with Gasteiger partial charge in [-0.3, -0.25) is 0 Å². The van der Waals surface area contributed by atoms with Crippen LogP contribution in [0.2, 0.25) is 0 Å². The maximum Gasteiger partial charge on any atom is 0.315 e. The van der Waals surface area contributed by atoms with E-state index >= 15 is 0 Å². The first kappa shape index (κ1) is 7.88. The summed E-state index contributed by atoms with van der Waals surface area (Å²) in [6, 6.07) is 0.252. The second-order valence-electron chi connectivity index (χ2n) is 1.49. The third kappa shape index (κ3) is 3.46. The summed E-state index contributed by atoms with van der Waals surface area (Å²) in [6.45, 7) is 8.53. The molecule has 0 aliphatic heterocycles. The van der Waals surface area contributed by atoms with E-state index in [2.05, 4.69) is 28.0 Å². The zero-order chi connectivity index (χ0) is 7.28. The molecule has 0 radical (unpaired) electrons. The molecule has 0 N–H and O–H groups in total. The van der Waals surface area contributed by atoms with E-state index in [1.807, 2.05) is 0 Å². The van der Waals surface area contributed by atoms with Gasteiger partial charge in [0.1, 0.15) is 0 Å². The molecule has 3 nitrogen and oxygen atoms in total. The van der Waals surface area contributed by atoms with Crippen LogP contribution in [0.1, 0.15) is 6.92 Å². The van der Waals surface area contributed by atoms with Crippen molar-refractivity contribution in [2.75, 3.05) is 7.11 Å². The molecule has 0 rings (SSSR count). The number of methoxy groups -OCH3 is 1. The van der Waals surface area contributed by atoms with Gasteiger partial charge in [0.05, 0.1) is 7.11 Å². The number of hydrogen-bond acceptors (Lipinski definition) is 2. The minimum absolute atomic E-state index is 0.252. The van der Waals surface area contributed by atoms with Crippen LogP contribution in [0.25, 0.3) is 0 Å². The van der Waals surface area contributed by atoms with Crippen molar-refractivity contribution in [3.8, 4) is 0 Å². The highest BCUT2D eigenvalue weighted by atomic mass is 16.5. The van der Waals surface area contributed by atoms with Crippen LogP contribution >= 0.6 is 0 Å². The molecule has 9 heavy (non-hydrogen) atoms. The van der Waals surface area contributed by atoms with Crippen molar-refractivity contribution in [2.24, 2.45) is 9.98 Å². The van der Waals surface area contributed by atoms with Gasteiger partial charge >= 0.3 is 6.02 Å². The second kappa shape index (κ2) is 3.83. The van der Waals surface area contributed by atoms with E-state index in [0.29, 0.717) is 5.70 Å². The zero-order valence-corrected chi connectivity index (χ0v) is 5.72. The van der Waals surface area contributed by atoms with E-state index in [1.165, 1.54) is 7.11 Å². The fourth-order valence-electron chi connectivity index (χ4n) is 0.309. The van der Waals surface area contributed by atoms with Crippen LogP contribution in [0.3, 0.4) is 0 Å². The Morgan fingerprint density at radius 1 is 1.56 bits per heavy atom. The molecule has 0 saturated heterocycles. The highest BCUT2D eigenvalue weighted by molar-refractivity contribution is 5.79. The normalized spacial score (nSPS) is 10.7. The molecule has 0 aromatic rings. The molecule has 0 amide bonds. The van der Waals surface area contributed by atoms with Crippen molar-refractivity contribution in [1.82, 2.24) is 0 Å². The van der Waals surface area contributed by atoms with Gasteiger partial charge in [-0.05, 0) is 13.6 Å². The Balaban J connectivity index is 4.07. The lowest BCUT2D eigenvalue weighted by atomic mass is 10.6. The number of aliphatic imine (C=N–C) groups is 2. The topological polar surface area (TPSA) is 34.0 Å². The summed E-state index contributed by atoms with van der Waals surface area (Å²) in [7, 11) is 1.48. The molecule has 0 aliphatic carbocycles. The summed E-state index contributed by atoms with van der Waals surface area (Å²) < 4.78 is 4.67. The molecule has 0 heterocycles. The van der Waals surface area contributed by atoms with Gasteiger partial charge in [-0.2, -0.15) is 0 Å². The molecule has 0 bridgehead atoms. The Hall–Kier alpha value is -1.12. The number of allylic oxidation sites excluding steroid dienone is 1. The van der Waals surface area contributed by atoms with Gasteiger partial charge in [0.25, 0.3) is 0 Å². The summed E-state index contributed by atoms with van der Waals surface area (Å²) in [6.07, 6.45) is 0. The van der Waals surface area contributed by atoms with Crippen molar-refractivity contribution in [2.45, 2.75) is 6.92 Å². The third-order valence-corrected chi connectivity index (χ3v) is 0.604. The Labute approximate surface area is 54.8 Å². The van der Waals surface area contributed by atoms with E-state index < -0.39 is 0 Å². The van der Waals surface area contributed by atoms with Gasteiger partial charge in [-0.15, -0.1) is 0 Å². The Kier molecular flexibility index (Phi) is 3.35. The molecule has 0 saturated carbocycles. The summed E-state index contributed by atoms with van der Waals surface area (Å²) in [5.41, 5.74) is 0.652. The molecule has 0 aromatic carbocycles. The van der Waals surface area contributed by atoms with Crippen LogP contribution in [0.5, 0.6) is 0 Å². The lowest BCUT2D eigenvalue weighted by molar-refractivity contribution is 0.397. The van der Waals surface area contributed by atoms with Crippen molar-refractivity contribution in [3.05, 3.63) is 12.3 Å². The molecule has 3 heteroatoms. The van der Waals surface area contributed by atoms with E-state index in [0.717, 1.165) is 0 Å². The molecule has 0 unspecified atom stereocenters. The van der Waals surface area contributed by atoms with E-state index in [1.54, 1.807) is 6.92 Å². The summed E-state index contributed by atoms with van der Waals surface area (Å²) in [5, 5.41) is 0. The lowest BCUT2D eigenvalue weighted by Crippen LogP contribution is -1.95. The lowest BCUT2D eigenvalue weighted by Gasteiger charge is -1.94. The highest BCUT2D eigenvalue weighted by Gasteiger charge is 1.88. The second-order valence-corrected chi connectivity index (χ2v) is 1.49. The van der Waals surface area contributed by atoms with Crippen molar-refractivity contribution in [3.63, 3.8) is 0 Å². The molecule has 0 aromatic heterocycles. The first-order valence-electron chi connectivity index (χ1n) is 2.45. The average molecular weight is 126 g/mol. The molecule has 0 spiro atoms. The van der Waals surface area contributed by atoms with Gasteiger partial charge in [-0.25, -0.2) is 9.98 Å². The average Bonchev–Trinajstić information content (AvgIpc) is 1.82. The van der Waals surface area contributed by atoms with Crippen LogP contribution in [0.15, 0.2) is 22.3 Å². The molecule has 50 valence electrons. The number of rotatable bonds is 1. The minimum atomic E-state index is 0.252. The van der Waals surface area contributed by atoms with Gasteiger partial charge in [0.2, 0.25) is 0 Å². The Bertz CT molecular complexity index is 149. The van der Waals surface area contributed by atoms with Crippen molar-refractivity contribution in [1.29, 1.82) is 0 Å². The summed E-state index contributed by atoms with van der Waals surface area (Å²) >= 11 is 0. The molecular weight excluding hydrogens is 116 g/mol. The monoisotopic (exact) mass is 126 g/mol. The highest BCUT2D eigenvalue weighted by Crippen LogP contribution is 1.91. The molecular formula is C6H10N2O. The smallest absolute Gasteiger partial charge is 0.315 e. The first-order valence-corrected chi connectivity index (χ1v) is 2.45. The van der Waals surface area contributed by atoms with Crippen LogP contribution in [0.4, 0.5) is 0 Å². The largest absolute Gasteiger partial charge is 0.467 e. The van der Waals surface area contributed by atoms with Gasteiger partial charge in [-0.1, -0.05) is 6.58 Å². The summed E-state index contributed by atoms with van der Waals surface area (Å²) in [4.78, 5) is 7.25. The van der Waals surface area contributed by atoms with E-state index in [4.69, 9.17) is 0 Å². The fraction of sp³-hybridized carbons (Fsp3) is 0.333. The number of hydrogen-bond donors (Lipinski definition) is 0. The van der Waals surface area contributed by atoms with Crippen molar-refractivity contribution >= 4 is 12.7 Å². The van der Waals surface area contributed by atoms with Gasteiger partial charge in [0, 0.05) is 5.70 Å². The van der Waals surface area contributed by atoms with Crippen LogP contribution in [0, 0.1) is 0 Å². The zero-order valence-electron chi connectivity index (χ0n) is 5.72. The predicted octanol–water partition coefficient (Wildman–Crippen LogP) is 1.22. The molecule has 0 atom stereocenters. The third-order valence-electron chi connectivity index (χ3n) is 0.604. The Morgan fingerprint density at radius 3 is 2.22 bits per heavy atom. The summed E-state index contributed by atoms with van der Waals surface area (Å²) in [5.74, 6) is 0. The van der Waals surface area contributed by atoms with Crippen LogP contribution in [-0.2, 0) is 4.74 Å². The van der Waals surface area contributed by atoms with Gasteiger partial charge in [0.15, 0.2) is 0 Å². The standard InChI is InChI=1S/C6H10N2O/c1-5(2)8-6(7-3)9-4/h1,3H2,2,4H3. The quantitative estimate of drug-likeness (QED) is 0.384. The minimum Gasteiger partial charge on any atom is -0.467 e. The fourth-order valence-corrected chi connectivity index (χ4v) is 0.309. The van der Waals surface area contributed by atoms with Crippen molar-refractivity contribution < 1.29 is 4.74 Å². The van der Waals surface area contributed by atoms with E-state index in [9.17, 15) is 0 Å².